The van der Waals surface area contributed by atoms with Crippen molar-refractivity contribution in [3.05, 3.63) is 0 Å². The van der Waals surface area contributed by atoms with Gasteiger partial charge in [0.15, 0.2) is 0 Å². The van der Waals surface area contributed by atoms with Crippen LogP contribution in [-0.2, 0) is 14.3 Å². The number of rotatable bonds is 9. The summed E-state index contributed by atoms with van der Waals surface area (Å²) >= 11 is 0. The van der Waals surface area contributed by atoms with Crippen LogP contribution in [0.4, 0.5) is 4.79 Å². The fourth-order valence-electron chi connectivity index (χ4n) is 1.76. The molecule has 0 heterocycles. The Labute approximate surface area is 125 Å². The summed E-state index contributed by atoms with van der Waals surface area (Å²) in [6.07, 6.45) is 1.39. The molecule has 3 N–H and O–H groups in total. The molecule has 21 heavy (non-hydrogen) atoms. The van der Waals surface area contributed by atoms with Gasteiger partial charge in [-0.05, 0) is 24.7 Å². The second kappa shape index (κ2) is 10.0. The average molecular weight is 302 g/mol. The van der Waals surface area contributed by atoms with E-state index in [4.69, 9.17) is 5.11 Å². The third-order valence-electron chi connectivity index (χ3n) is 3.18. The molecule has 0 bridgehead atoms. The first-order valence-electron chi connectivity index (χ1n) is 7.11. The van der Waals surface area contributed by atoms with Gasteiger partial charge in [-0.3, -0.25) is 4.79 Å². The monoisotopic (exact) mass is 302 g/mol. The van der Waals surface area contributed by atoms with Gasteiger partial charge >= 0.3 is 18.0 Å². The van der Waals surface area contributed by atoms with Crippen molar-refractivity contribution < 1.29 is 24.2 Å². The summed E-state index contributed by atoms with van der Waals surface area (Å²) in [5, 5.41) is 13.8. The smallest absolute Gasteiger partial charge is 0.328 e. The maximum absolute atomic E-state index is 11.7. The van der Waals surface area contributed by atoms with Crippen molar-refractivity contribution in [3.8, 4) is 0 Å². The zero-order valence-electron chi connectivity index (χ0n) is 13.1. The van der Waals surface area contributed by atoms with Crippen LogP contribution in [0.15, 0.2) is 0 Å². The van der Waals surface area contributed by atoms with Crippen LogP contribution in [0.2, 0.25) is 0 Å². The molecule has 0 aliphatic rings. The van der Waals surface area contributed by atoms with Crippen LogP contribution in [-0.4, -0.2) is 42.8 Å². The van der Waals surface area contributed by atoms with Crippen LogP contribution in [0.3, 0.4) is 0 Å². The lowest BCUT2D eigenvalue weighted by molar-refractivity contribution is -0.144. The number of amides is 2. The van der Waals surface area contributed by atoms with E-state index in [-0.39, 0.29) is 18.3 Å². The topological polar surface area (TPSA) is 105 Å². The summed E-state index contributed by atoms with van der Waals surface area (Å²) in [5.41, 5.74) is 0. The first kappa shape index (κ1) is 19.2. The van der Waals surface area contributed by atoms with E-state index >= 15 is 0 Å². The van der Waals surface area contributed by atoms with Gasteiger partial charge < -0.3 is 20.5 Å². The average Bonchev–Trinajstić information content (AvgIpc) is 2.41. The molecule has 0 fully saturated rings. The summed E-state index contributed by atoms with van der Waals surface area (Å²) in [7, 11) is 1.28. The lowest BCUT2D eigenvalue weighted by Crippen LogP contribution is -2.49. The van der Waals surface area contributed by atoms with E-state index in [1.54, 1.807) is 0 Å². The predicted molar refractivity (Wildman–Crippen MR) is 77.8 cm³/mol. The third-order valence-corrected chi connectivity index (χ3v) is 3.18. The Morgan fingerprint density at radius 3 is 2.24 bits per heavy atom. The van der Waals surface area contributed by atoms with Crippen LogP contribution in [0, 0.1) is 11.8 Å². The SMILES string of the molecule is COC(=O)C(NC(=O)NCCC(C)CCC(=O)O)C(C)C. The number of hydrogen-bond donors (Lipinski definition) is 3. The molecule has 122 valence electrons. The molecule has 0 rings (SSSR count). The van der Waals surface area contributed by atoms with Crippen molar-refractivity contribution in [3.63, 3.8) is 0 Å². The molecule has 0 radical (unpaired) electrons. The molecule has 2 unspecified atom stereocenters. The van der Waals surface area contributed by atoms with Crippen molar-refractivity contribution in [2.45, 2.75) is 46.1 Å². The number of nitrogens with one attached hydrogen (secondary N) is 2. The van der Waals surface area contributed by atoms with Gasteiger partial charge in [0.1, 0.15) is 6.04 Å². The van der Waals surface area contributed by atoms with E-state index in [1.807, 2.05) is 20.8 Å². The molecule has 2 amide bonds. The standard InChI is InChI=1S/C14H26N2O5/c1-9(2)12(13(19)21-4)16-14(20)15-8-7-10(3)5-6-11(17)18/h9-10,12H,5-8H2,1-4H3,(H,17,18)(H2,15,16,20). The van der Waals surface area contributed by atoms with Gasteiger partial charge in [-0.25, -0.2) is 9.59 Å². The maximum Gasteiger partial charge on any atom is 0.328 e. The van der Waals surface area contributed by atoms with Gasteiger partial charge in [-0.1, -0.05) is 20.8 Å². The molecule has 7 nitrogen and oxygen atoms in total. The molecule has 0 aromatic carbocycles. The normalized spacial score (nSPS) is 13.4. The molecule has 0 aromatic rings. The van der Waals surface area contributed by atoms with E-state index in [2.05, 4.69) is 15.4 Å². The van der Waals surface area contributed by atoms with Crippen molar-refractivity contribution >= 4 is 18.0 Å². The largest absolute Gasteiger partial charge is 0.481 e. The van der Waals surface area contributed by atoms with Gasteiger partial charge in [-0.15, -0.1) is 0 Å². The molecule has 0 aliphatic heterocycles. The zero-order chi connectivity index (χ0) is 16.4. The first-order valence-corrected chi connectivity index (χ1v) is 7.11. The second-order valence-corrected chi connectivity index (χ2v) is 5.47. The Balaban J connectivity index is 4.03. The number of carbonyl (C=O) groups excluding carboxylic acids is 2. The molecular formula is C14H26N2O5. The first-order chi connectivity index (χ1) is 9.77. The number of esters is 1. The van der Waals surface area contributed by atoms with Crippen LogP contribution >= 0.6 is 0 Å². The van der Waals surface area contributed by atoms with Crippen molar-refractivity contribution in [2.24, 2.45) is 11.8 Å². The van der Waals surface area contributed by atoms with Gasteiger partial charge in [0.2, 0.25) is 0 Å². The number of methoxy groups -OCH3 is 1. The highest BCUT2D eigenvalue weighted by Crippen LogP contribution is 2.09. The Kier molecular flexibility index (Phi) is 9.16. The number of aliphatic carboxylic acids is 1. The number of carbonyl (C=O) groups is 3. The molecule has 2 atom stereocenters. The Morgan fingerprint density at radius 1 is 1.14 bits per heavy atom. The van der Waals surface area contributed by atoms with Crippen LogP contribution in [0.1, 0.15) is 40.0 Å². The number of urea groups is 1. The molecule has 0 saturated heterocycles. The summed E-state index contributed by atoms with van der Waals surface area (Å²) in [5.74, 6) is -1.15. The lowest BCUT2D eigenvalue weighted by Gasteiger charge is -2.20. The fraction of sp³-hybridized carbons (Fsp3) is 0.786. The maximum atomic E-state index is 11.7. The molecule has 0 aliphatic carbocycles. The number of ether oxygens (including phenoxy) is 1. The lowest BCUT2D eigenvalue weighted by atomic mass is 10.0. The van der Waals surface area contributed by atoms with E-state index < -0.39 is 24.0 Å². The van der Waals surface area contributed by atoms with E-state index in [9.17, 15) is 14.4 Å². The van der Waals surface area contributed by atoms with Crippen molar-refractivity contribution in [1.29, 1.82) is 0 Å². The van der Waals surface area contributed by atoms with E-state index in [0.29, 0.717) is 19.4 Å². The van der Waals surface area contributed by atoms with Gasteiger partial charge in [0, 0.05) is 13.0 Å². The minimum atomic E-state index is -0.814. The minimum absolute atomic E-state index is 0.0716. The van der Waals surface area contributed by atoms with Gasteiger partial charge in [-0.2, -0.15) is 0 Å². The summed E-state index contributed by atoms with van der Waals surface area (Å²) in [6.45, 7) is 6.00. The Hall–Kier alpha value is -1.79. The Bertz CT molecular complexity index is 357. The van der Waals surface area contributed by atoms with Crippen LogP contribution in [0.25, 0.3) is 0 Å². The minimum Gasteiger partial charge on any atom is -0.481 e. The highest BCUT2D eigenvalue weighted by atomic mass is 16.5. The number of carboxylic acid groups (broad SMARTS) is 1. The molecular weight excluding hydrogens is 276 g/mol. The summed E-state index contributed by atoms with van der Waals surface area (Å²) in [4.78, 5) is 33.6. The fourth-order valence-corrected chi connectivity index (χ4v) is 1.76. The van der Waals surface area contributed by atoms with Crippen molar-refractivity contribution in [1.82, 2.24) is 10.6 Å². The number of hydrogen-bond acceptors (Lipinski definition) is 4. The highest BCUT2D eigenvalue weighted by molar-refractivity contribution is 5.83. The third kappa shape index (κ3) is 8.88. The van der Waals surface area contributed by atoms with Gasteiger partial charge in [0.05, 0.1) is 7.11 Å². The summed E-state index contributed by atoms with van der Waals surface area (Å²) in [6, 6.07) is -1.11. The van der Waals surface area contributed by atoms with E-state index in [1.165, 1.54) is 7.11 Å². The van der Waals surface area contributed by atoms with Crippen LogP contribution < -0.4 is 10.6 Å². The Morgan fingerprint density at radius 2 is 1.76 bits per heavy atom. The van der Waals surface area contributed by atoms with Crippen molar-refractivity contribution in [2.75, 3.05) is 13.7 Å². The summed E-state index contributed by atoms with van der Waals surface area (Å²) < 4.78 is 4.63. The second-order valence-electron chi connectivity index (χ2n) is 5.47. The molecule has 7 heteroatoms. The molecule has 0 saturated carbocycles. The quantitative estimate of drug-likeness (QED) is 0.558. The highest BCUT2D eigenvalue weighted by Gasteiger charge is 2.24. The zero-order valence-corrected chi connectivity index (χ0v) is 13.1. The predicted octanol–water partition coefficient (Wildman–Crippen LogP) is 1.37. The van der Waals surface area contributed by atoms with Gasteiger partial charge in [0.25, 0.3) is 0 Å². The molecule has 0 spiro atoms. The van der Waals surface area contributed by atoms with E-state index in [0.717, 1.165) is 0 Å². The number of carboxylic acids is 1. The molecule has 0 aromatic heterocycles. The van der Waals surface area contributed by atoms with Crippen LogP contribution in [0.5, 0.6) is 0 Å².